The van der Waals surface area contributed by atoms with Crippen LogP contribution in [0.2, 0.25) is 0 Å². The number of rotatable bonds is 15. The lowest BCUT2D eigenvalue weighted by Crippen LogP contribution is -2.33. The number of ether oxygens (including phenoxy) is 2. The van der Waals surface area contributed by atoms with Gasteiger partial charge in [-0.3, -0.25) is 28.7 Å². The number of aromatic nitrogens is 2. The highest BCUT2D eigenvalue weighted by Crippen LogP contribution is 2.30. The van der Waals surface area contributed by atoms with Gasteiger partial charge < -0.3 is 20.1 Å². The smallest absolute Gasteiger partial charge is 0.330 e. The Bertz CT molecular complexity index is 1070. The molecule has 3 atom stereocenters. The summed E-state index contributed by atoms with van der Waals surface area (Å²) in [5.41, 5.74) is -1.31. The Morgan fingerprint density at radius 2 is 1.92 bits per heavy atom. The number of nitrogens with one attached hydrogen (secondary N) is 3. The highest BCUT2D eigenvalue weighted by Gasteiger charge is 2.36. The van der Waals surface area contributed by atoms with E-state index in [1.54, 1.807) is 6.92 Å². The monoisotopic (exact) mass is 521 g/mol. The molecule has 1 aliphatic heterocycles. The Hall–Kier alpha value is -3.21. The molecular formula is C26H40N4O7. The molecule has 37 heavy (non-hydrogen) atoms. The van der Waals surface area contributed by atoms with Gasteiger partial charge in [0.15, 0.2) is 0 Å². The molecule has 206 valence electrons. The molecule has 1 saturated heterocycles. The molecule has 2 amide bonds. The number of hydrogen-bond acceptors (Lipinski definition) is 7. The topological polar surface area (TPSA) is 149 Å². The zero-order valence-electron chi connectivity index (χ0n) is 22.8. The van der Waals surface area contributed by atoms with Gasteiger partial charge in [0, 0.05) is 39.6 Å². The van der Waals surface area contributed by atoms with Gasteiger partial charge in [0.1, 0.15) is 12.3 Å². The highest BCUT2D eigenvalue weighted by atomic mass is 16.6. The van der Waals surface area contributed by atoms with Crippen LogP contribution in [-0.4, -0.2) is 52.6 Å². The van der Waals surface area contributed by atoms with Crippen LogP contribution in [0.1, 0.15) is 91.7 Å². The summed E-state index contributed by atoms with van der Waals surface area (Å²) in [5.74, 6) is -1.21. The third kappa shape index (κ3) is 10.4. The maximum Gasteiger partial charge on any atom is 0.330 e. The Morgan fingerprint density at radius 1 is 1.16 bits per heavy atom. The minimum absolute atomic E-state index is 0.0170. The number of aromatic amines is 1. The van der Waals surface area contributed by atoms with Crippen LogP contribution in [0, 0.1) is 0 Å². The first kappa shape index (κ1) is 28.4. The van der Waals surface area contributed by atoms with Crippen LogP contribution in [-0.2, 0) is 23.9 Å². The van der Waals surface area contributed by atoms with Crippen LogP contribution in [0.3, 0.4) is 0 Å². The largest absolute Gasteiger partial charge is 0.459 e. The fraction of sp³-hybridized carbons (Fsp3) is 0.654. The lowest BCUT2D eigenvalue weighted by Gasteiger charge is -2.14. The number of carbonyl (C=O) groups is 3. The van der Waals surface area contributed by atoms with Gasteiger partial charge in [-0.05, 0) is 26.3 Å². The fourth-order valence-electron chi connectivity index (χ4n) is 3.90. The zero-order valence-corrected chi connectivity index (χ0v) is 21.8. The van der Waals surface area contributed by atoms with Gasteiger partial charge in [-0.15, -0.1) is 0 Å². The molecule has 1 aliphatic rings. The van der Waals surface area contributed by atoms with Crippen molar-refractivity contribution in [3.8, 4) is 0 Å². The van der Waals surface area contributed by atoms with E-state index in [0.29, 0.717) is 13.1 Å². The molecule has 0 saturated carbocycles. The lowest BCUT2D eigenvalue weighted by molar-refractivity contribution is -0.152. The molecular weight excluding hydrogens is 480 g/mol. The number of unbranched alkanes of at least 4 members (excludes halogenated alkanes) is 5. The van der Waals surface area contributed by atoms with Gasteiger partial charge in [0.2, 0.25) is 11.8 Å². The van der Waals surface area contributed by atoms with E-state index in [0.717, 1.165) is 23.8 Å². The SMILES string of the molecule is [2H]C[C@H]1O[C@@H](n2cc(/C=C/C(=O)NCCCCCCCC)c(=O)[nH]c2=O)CC1OC(=O)CCC(=O)NCC. The van der Waals surface area contributed by atoms with Gasteiger partial charge in [-0.1, -0.05) is 39.0 Å². The van der Waals surface area contributed by atoms with Crippen molar-refractivity contribution in [2.24, 2.45) is 0 Å². The number of esters is 1. The van der Waals surface area contributed by atoms with Crippen molar-refractivity contribution in [2.75, 3.05) is 13.1 Å². The minimum atomic E-state index is -0.885. The van der Waals surface area contributed by atoms with Crippen LogP contribution in [0.4, 0.5) is 0 Å². The summed E-state index contributed by atoms with van der Waals surface area (Å²) >= 11 is 0. The van der Waals surface area contributed by atoms with E-state index in [-0.39, 0.29) is 43.5 Å². The molecule has 1 unspecified atom stereocenters. The van der Waals surface area contributed by atoms with Crippen molar-refractivity contribution in [1.82, 2.24) is 20.2 Å². The summed E-state index contributed by atoms with van der Waals surface area (Å²) in [6, 6.07) is 0. The maximum atomic E-state index is 12.5. The Kier molecular flexibility index (Phi) is 12.1. The number of hydrogen-bond donors (Lipinski definition) is 3. The van der Waals surface area contributed by atoms with E-state index in [1.165, 1.54) is 37.6 Å². The average molecular weight is 522 g/mol. The quantitative estimate of drug-likeness (QED) is 0.182. The van der Waals surface area contributed by atoms with Crippen LogP contribution >= 0.6 is 0 Å². The van der Waals surface area contributed by atoms with E-state index in [4.69, 9.17) is 10.8 Å². The molecule has 0 spiro atoms. The van der Waals surface area contributed by atoms with Gasteiger partial charge in [-0.25, -0.2) is 4.79 Å². The summed E-state index contributed by atoms with van der Waals surface area (Å²) in [4.78, 5) is 62.9. The molecule has 1 aromatic rings. The van der Waals surface area contributed by atoms with Gasteiger partial charge in [0.25, 0.3) is 5.56 Å². The Balaban J connectivity index is 1.97. The molecule has 11 heteroatoms. The molecule has 2 rings (SSSR count). The van der Waals surface area contributed by atoms with E-state index in [1.807, 2.05) is 0 Å². The molecule has 0 radical (unpaired) electrons. The van der Waals surface area contributed by atoms with Crippen molar-refractivity contribution in [2.45, 2.75) is 97.0 Å². The number of nitrogens with zero attached hydrogens (tertiary/aromatic N) is 1. The number of carbonyl (C=O) groups excluding carboxylic acids is 3. The molecule has 1 aromatic heterocycles. The Morgan fingerprint density at radius 3 is 2.65 bits per heavy atom. The minimum Gasteiger partial charge on any atom is -0.459 e. The highest BCUT2D eigenvalue weighted by molar-refractivity contribution is 5.91. The molecule has 0 aliphatic carbocycles. The third-order valence-corrected chi connectivity index (χ3v) is 5.94. The molecule has 3 N–H and O–H groups in total. The van der Waals surface area contributed by atoms with Crippen LogP contribution in [0.5, 0.6) is 0 Å². The second-order valence-electron chi connectivity index (χ2n) is 8.99. The van der Waals surface area contributed by atoms with Crippen molar-refractivity contribution in [3.05, 3.63) is 38.7 Å². The third-order valence-electron chi connectivity index (χ3n) is 5.94. The molecule has 1 fully saturated rings. The maximum absolute atomic E-state index is 12.5. The molecule has 2 heterocycles. The summed E-state index contributed by atoms with van der Waals surface area (Å²) in [7, 11) is 0. The Labute approximate surface area is 218 Å². The second-order valence-corrected chi connectivity index (χ2v) is 8.99. The fourth-order valence-corrected chi connectivity index (χ4v) is 3.90. The van der Waals surface area contributed by atoms with Crippen molar-refractivity contribution in [1.29, 1.82) is 0 Å². The van der Waals surface area contributed by atoms with Crippen LogP contribution in [0.25, 0.3) is 6.08 Å². The zero-order chi connectivity index (χ0) is 27.9. The van der Waals surface area contributed by atoms with Crippen molar-refractivity contribution < 1.29 is 25.2 Å². The second kappa shape index (κ2) is 15.8. The number of H-pyrrole nitrogens is 1. The van der Waals surface area contributed by atoms with E-state index in [2.05, 4.69) is 22.5 Å². The van der Waals surface area contributed by atoms with Crippen LogP contribution < -0.4 is 21.9 Å². The molecule has 0 bridgehead atoms. The summed E-state index contributed by atoms with van der Waals surface area (Å²) in [6.07, 6.45) is 7.98. The average Bonchev–Trinajstić information content (AvgIpc) is 3.28. The molecule has 0 aromatic carbocycles. The van der Waals surface area contributed by atoms with Gasteiger partial charge in [-0.2, -0.15) is 0 Å². The summed E-state index contributed by atoms with van der Waals surface area (Å²) < 4.78 is 20.1. The first-order valence-corrected chi connectivity index (χ1v) is 13.0. The predicted molar refractivity (Wildman–Crippen MR) is 139 cm³/mol. The van der Waals surface area contributed by atoms with E-state index < -0.39 is 35.7 Å². The predicted octanol–water partition coefficient (Wildman–Crippen LogP) is 2.16. The first-order chi connectivity index (χ1) is 18.3. The lowest BCUT2D eigenvalue weighted by atomic mass is 10.1. The summed E-state index contributed by atoms with van der Waals surface area (Å²) in [6.45, 7) is 4.72. The molecule has 11 nitrogen and oxygen atoms in total. The van der Waals surface area contributed by atoms with E-state index in [9.17, 15) is 24.0 Å². The normalized spacial score (nSPS) is 19.5. The van der Waals surface area contributed by atoms with Crippen molar-refractivity contribution in [3.63, 3.8) is 0 Å². The van der Waals surface area contributed by atoms with Crippen molar-refractivity contribution >= 4 is 23.9 Å². The summed E-state index contributed by atoms with van der Waals surface area (Å²) in [5, 5.41) is 5.38. The standard InChI is InChI=1S/C26H40N4O7/c1-4-6-7-8-9-10-15-28-22(32)12-11-19-17-30(26(35)29-25(19)34)23-16-20(18(3)36-23)37-24(33)14-13-21(31)27-5-2/h11-12,17-18,20,23H,4-10,13-16H2,1-3H3,(H,27,31)(H,28,32)(H,29,34,35)/b12-11+/t18-,20?,23-/m1/s1/i3D. The van der Waals surface area contributed by atoms with E-state index >= 15 is 0 Å². The van der Waals surface area contributed by atoms with Gasteiger partial charge in [0.05, 0.1) is 18.1 Å². The van der Waals surface area contributed by atoms with Gasteiger partial charge >= 0.3 is 11.7 Å². The van der Waals surface area contributed by atoms with Crippen LogP contribution in [0.15, 0.2) is 21.9 Å². The number of amides is 2. The first-order valence-electron chi connectivity index (χ1n) is 13.7.